The Morgan fingerprint density at radius 2 is 2.36 bits per heavy atom. The third-order valence-corrected chi connectivity index (χ3v) is 0.888. The predicted molar refractivity (Wildman–Crippen MR) is 38.6 cm³/mol. The highest BCUT2D eigenvalue weighted by molar-refractivity contribution is 5.59. The van der Waals surface area contributed by atoms with Crippen molar-refractivity contribution in [3.63, 3.8) is 0 Å². The Kier molecular flexibility index (Phi) is 6.42. The minimum atomic E-state index is -0.892. The molecule has 0 atom stereocenters. The normalized spacial score (nSPS) is 8.82. The number of carbonyl (C=O) groups is 1. The number of unbranched alkanes of at least 4 members (excludes halogenated alkanes) is 1. The molecule has 0 aliphatic carbocycles. The molecule has 0 aliphatic rings. The van der Waals surface area contributed by atoms with E-state index in [1.807, 2.05) is 6.92 Å². The average Bonchev–Trinajstić information content (AvgIpc) is 1.99. The first-order chi connectivity index (χ1) is 5.31. The lowest BCUT2D eigenvalue weighted by atomic mass is 10.4. The van der Waals surface area contributed by atoms with E-state index >= 15 is 0 Å². The number of carbonyl (C=O) groups excluding carboxylic acids is 1. The SMILES string of the molecule is C=COC(=O)OOCCCC. The zero-order valence-electron chi connectivity index (χ0n) is 6.54. The van der Waals surface area contributed by atoms with Gasteiger partial charge < -0.3 is 4.74 Å². The molecule has 64 valence electrons. The molecule has 0 heterocycles. The molecule has 0 spiro atoms. The van der Waals surface area contributed by atoms with Crippen molar-refractivity contribution in [3.05, 3.63) is 12.8 Å². The summed E-state index contributed by atoms with van der Waals surface area (Å²) in [6.07, 6.45) is 1.92. The van der Waals surface area contributed by atoms with E-state index in [-0.39, 0.29) is 0 Å². The summed E-state index contributed by atoms with van der Waals surface area (Å²) in [6.45, 7) is 5.56. The Balaban J connectivity index is 3.10. The Bertz CT molecular complexity index is 122. The number of hydrogen-bond donors (Lipinski definition) is 0. The van der Waals surface area contributed by atoms with Crippen LogP contribution in [0, 0.1) is 0 Å². The van der Waals surface area contributed by atoms with Crippen LogP contribution in [0.3, 0.4) is 0 Å². The van der Waals surface area contributed by atoms with Crippen molar-refractivity contribution in [1.82, 2.24) is 0 Å². The number of rotatable bonds is 5. The zero-order chi connectivity index (χ0) is 8.53. The molecule has 0 aromatic carbocycles. The number of ether oxygens (including phenoxy) is 1. The van der Waals surface area contributed by atoms with Crippen LogP contribution < -0.4 is 0 Å². The fraction of sp³-hybridized carbons (Fsp3) is 0.571. The van der Waals surface area contributed by atoms with Crippen LogP contribution in [0.5, 0.6) is 0 Å². The summed E-state index contributed by atoms with van der Waals surface area (Å²) in [6, 6.07) is 0. The quantitative estimate of drug-likeness (QED) is 0.203. The standard InChI is InChI=1S/C7H12O4/c1-3-5-6-10-11-7(8)9-4-2/h4H,2-3,5-6H2,1H3. The van der Waals surface area contributed by atoms with Crippen LogP contribution in [-0.4, -0.2) is 12.8 Å². The van der Waals surface area contributed by atoms with Crippen molar-refractivity contribution in [2.24, 2.45) is 0 Å². The van der Waals surface area contributed by atoms with Crippen LogP contribution in [-0.2, 0) is 14.5 Å². The maximum absolute atomic E-state index is 10.4. The smallest absolute Gasteiger partial charge is 0.402 e. The molecule has 0 rings (SSSR count). The molecule has 0 saturated carbocycles. The van der Waals surface area contributed by atoms with Gasteiger partial charge in [-0.3, -0.25) is 4.89 Å². The van der Waals surface area contributed by atoms with E-state index in [1.54, 1.807) is 0 Å². The van der Waals surface area contributed by atoms with Gasteiger partial charge in [0.1, 0.15) is 0 Å². The molecule has 11 heavy (non-hydrogen) atoms. The molecule has 4 heteroatoms. The van der Waals surface area contributed by atoms with Gasteiger partial charge in [0, 0.05) is 0 Å². The highest BCUT2D eigenvalue weighted by Crippen LogP contribution is 1.91. The van der Waals surface area contributed by atoms with Crippen molar-refractivity contribution in [2.45, 2.75) is 19.8 Å². The van der Waals surface area contributed by atoms with Crippen LogP contribution >= 0.6 is 0 Å². The average molecular weight is 160 g/mol. The Morgan fingerprint density at radius 3 is 2.91 bits per heavy atom. The molecule has 0 bridgehead atoms. The first-order valence-corrected chi connectivity index (χ1v) is 3.42. The molecule has 0 N–H and O–H groups in total. The fourth-order valence-corrected chi connectivity index (χ4v) is 0.381. The Labute approximate surface area is 65.7 Å². The molecule has 4 nitrogen and oxygen atoms in total. The van der Waals surface area contributed by atoms with Gasteiger partial charge in [0.2, 0.25) is 0 Å². The Hall–Kier alpha value is -1.03. The van der Waals surface area contributed by atoms with Crippen molar-refractivity contribution in [2.75, 3.05) is 6.61 Å². The summed E-state index contributed by atoms with van der Waals surface area (Å²) in [5, 5.41) is 0. The van der Waals surface area contributed by atoms with E-state index in [4.69, 9.17) is 0 Å². The molecule has 0 radical (unpaired) electrons. The minimum Gasteiger partial charge on any atom is -0.402 e. The fourth-order valence-electron chi connectivity index (χ4n) is 0.381. The Morgan fingerprint density at radius 1 is 1.64 bits per heavy atom. The van der Waals surface area contributed by atoms with E-state index in [1.165, 1.54) is 0 Å². The molecule has 0 fully saturated rings. The summed E-state index contributed by atoms with van der Waals surface area (Å²) >= 11 is 0. The first-order valence-electron chi connectivity index (χ1n) is 3.42. The molecule has 0 unspecified atom stereocenters. The highest BCUT2D eigenvalue weighted by Gasteiger charge is 2.00. The van der Waals surface area contributed by atoms with Gasteiger partial charge in [-0.15, -0.1) is 0 Å². The predicted octanol–water partition coefficient (Wildman–Crippen LogP) is 2.01. The summed E-state index contributed by atoms with van der Waals surface area (Å²) in [4.78, 5) is 19.0. The molecule has 0 aromatic rings. The van der Waals surface area contributed by atoms with Crippen LogP contribution in [0.15, 0.2) is 12.8 Å². The van der Waals surface area contributed by atoms with Gasteiger partial charge in [0.15, 0.2) is 0 Å². The van der Waals surface area contributed by atoms with Gasteiger partial charge in [-0.25, -0.2) is 4.79 Å². The third kappa shape index (κ3) is 6.86. The second kappa shape index (κ2) is 7.08. The van der Waals surface area contributed by atoms with Gasteiger partial charge in [0.05, 0.1) is 12.9 Å². The topological polar surface area (TPSA) is 44.8 Å². The van der Waals surface area contributed by atoms with Crippen molar-refractivity contribution in [3.8, 4) is 0 Å². The summed E-state index contributed by atoms with van der Waals surface area (Å²) in [5.74, 6) is 0. The van der Waals surface area contributed by atoms with Crippen molar-refractivity contribution >= 4 is 6.16 Å². The van der Waals surface area contributed by atoms with Gasteiger partial charge in [-0.2, -0.15) is 4.89 Å². The van der Waals surface area contributed by atoms with Crippen LogP contribution in [0.25, 0.3) is 0 Å². The lowest BCUT2D eigenvalue weighted by Gasteiger charge is -1.99. The maximum Gasteiger partial charge on any atom is 0.545 e. The van der Waals surface area contributed by atoms with E-state index < -0.39 is 6.16 Å². The van der Waals surface area contributed by atoms with E-state index in [2.05, 4.69) is 21.1 Å². The maximum atomic E-state index is 10.4. The molecule has 0 aromatic heterocycles. The largest absolute Gasteiger partial charge is 0.545 e. The van der Waals surface area contributed by atoms with E-state index in [0.29, 0.717) is 6.61 Å². The summed E-state index contributed by atoms with van der Waals surface area (Å²) < 4.78 is 4.20. The molecule has 0 saturated heterocycles. The molecular formula is C7H12O4. The highest BCUT2D eigenvalue weighted by atomic mass is 17.2. The summed E-state index contributed by atoms with van der Waals surface area (Å²) in [7, 11) is 0. The molecule has 0 aliphatic heterocycles. The third-order valence-electron chi connectivity index (χ3n) is 0.888. The van der Waals surface area contributed by atoms with E-state index in [0.717, 1.165) is 19.1 Å². The van der Waals surface area contributed by atoms with Crippen LogP contribution in [0.2, 0.25) is 0 Å². The lowest BCUT2D eigenvalue weighted by Crippen LogP contribution is -2.05. The molecule has 0 amide bonds. The summed E-state index contributed by atoms with van der Waals surface area (Å²) in [5.41, 5.74) is 0. The van der Waals surface area contributed by atoms with Gasteiger partial charge in [-0.05, 0) is 6.42 Å². The second-order valence-corrected chi connectivity index (χ2v) is 1.79. The first kappa shape index (κ1) is 9.97. The van der Waals surface area contributed by atoms with Crippen molar-refractivity contribution < 1.29 is 19.3 Å². The van der Waals surface area contributed by atoms with Crippen LogP contribution in [0.4, 0.5) is 4.79 Å². The second-order valence-electron chi connectivity index (χ2n) is 1.79. The van der Waals surface area contributed by atoms with Crippen molar-refractivity contribution in [1.29, 1.82) is 0 Å². The number of hydrogen-bond acceptors (Lipinski definition) is 4. The van der Waals surface area contributed by atoms with Gasteiger partial charge in [-0.1, -0.05) is 19.9 Å². The monoisotopic (exact) mass is 160 g/mol. The van der Waals surface area contributed by atoms with Gasteiger partial charge >= 0.3 is 6.16 Å². The lowest BCUT2D eigenvalue weighted by molar-refractivity contribution is -0.251. The minimum absolute atomic E-state index is 0.392. The zero-order valence-corrected chi connectivity index (χ0v) is 6.54. The molecular weight excluding hydrogens is 148 g/mol. The van der Waals surface area contributed by atoms with E-state index in [9.17, 15) is 4.79 Å². The van der Waals surface area contributed by atoms with Crippen LogP contribution in [0.1, 0.15) is 19.8 Å². The van der Waals surface area contributed by atoms with Gasteiger partial charge in [0.25, 0.3) is 0 Å².